The van der Waals surface area contributed by atoms with E-state index in [1.54, 1.807) is 23.9 Å². The summed E-state index contributed by atoms with van der Waals surface area (Å²) in [5.41, 5.74) is 4.04. The summed E-state index contributed by atoms with van der Waals surface area (Å²) in [5, 5.41) is 7.66. The van der Waals surface area contributed by atoms with Crippen LogP contribution in [-0.2, 0) is 17.8 Å². The second-order valence-corrected chi connectivity index (χ2v) is 7.06. The van der Waals surface area contributed by atoms with Gasteiger partial charge in [-0.1, -0.05) is 36.4 Å². The molecule has 6 heteroatoms. The molecule has 31 heavy (non-hydrogen) atoms. The lowest BCUT2D eigenvalue weighted by atomic mass is 10.1. The van der Waals surface area contributed by atoms with E-state index in [1.807, 2.05) is 60.8 Å². The fraction of sp³-hybridized carbons (Fsp3) is 0.120. The molecule has 0 radical (unpaired) electrons. The molecule has 1 amide bonds. The number of carbonyl (C=O) groups is 1. The number of amides is 1. The second kappa shape index (κ2) is 9.26. The summed E-state index contributed by atoms with van der Waals surface area (Å²) in [6.45, 7) is 0.299. The molecule has 0 unspecified atom stereocenters. The maximum absolute atomic E-state index is 13.4. The van der Waals surface area contributed by atoms with Gasteiger partial charge in [-0.25, -0.2) is 9.07 Å². The molecule has 5 nitrogen and oxygen atoms in total. The first-order valence-corrected chi connectivity index (χ1v) is 9.92. The van der Waals surface area contributed by atoms with Crippen LogP contribution < -0.4 is 10.1 Å². The highest BCUT2D eigenvalue weighted by molar-refractivity contribution is 5.79. The maximum Gasteiger partial charge on any atom is 0.224 e. The van der Waals surface area contributed by atoms with Crippen molar-refractivity contribution in [2.24, 2.45) is 0 Å². The Balaban J connectivity index is 1.57. The number of benzene rings is 3. The van der Waals surface area contributed by atoms with Crippen molar-refractivity contribution in [2.45, 2.75) is 13.0 Å². The van der Waals surface area contributed by atoms with Gasteiger partial charge in [-0.3, -0.25) is 4.79 Å². The van der Waals surface area contributed by atoms with E-state index in [9.17, 15) is 9.18 Å². The highest BCUT2D eigenvalue weighted by Gasteiger charge is 2.14. The summed E-state index contributed by atoms with van der Waals surface area (Å²) >= 11 is 0. The molecule has 0 atom stereocenters. The van der Waals surface area contributed by atoms with Gasteiger partial charge in [0.05, 0.1) is 24.9 Å². The van der Waals surface area contributed by atoms with Gasteiger partial charge in [-0.15, -0.1) is 0 Å². The first kappa shape index (κ1) is 20.3. The number of ether oxygens (including phenoxy) is 1. The Labute approximate surface area is 180 Å². The van der Waals surface area contributed by atoms with Crippen molar-refractivity contribution in [1.29, 1.82) is 0 Å². The van der Waals surface area contributed by atoms with Crippen molar-refractivity contribution in [3.8, 4) is 22.7 Å². The van der Waals surface area contributed by atoms with Crippen LogP contribution in [0.15, 0.2) is 85.1 Å². The monoisotopic (exact) mass is 415 g/mol. The number of aromatic nitrogens is 2. The molecule has 3 aromatic carbocycles. The maximum atomic E-state index is 13.4. The van der Waals surface area contributed by atoms with Gasteiger partial charge in [0.1, 0.15) is 11.6 Å². The molecule has 1 heterocycles. The molecule has 0 saturated heterocycles. The third kappa shape index (κ3) is 4.80. The predicted octanol–water partition coefficient (Wildman–Crippen LogP) is 4.55. The topological polar surface area (TPSA) is 56.1 Å². The fourth-order valence-corrected chi connectivity index (χ4v) is 3.38. The van der Waals surface area contributed by atoms with Gasteiger partial charge in [0.2, 0.25) is 5.91 Å². The van der Waals surface area contributed by atoms with E-state index >= 15 is 0 Å². The Morgan fingerprint density at radius 1 is 0.968 bits per heavy atom. The lowest BCUT2D eigenvalue weighted by Crippen LogP contribution is -2.24. The number of para-hydroxylation sites is 2. The zero-order valence-electron chi connectivity index (χ0n) is 17.1. The van der Waals surface area contributed by atoms with Crippen LogP contribution in [0.2, 0.25) is 0 Å². The first-order chi connectivity index (χ1) is 15.1. The highest BCUT2D eigenvalue weighted by Crippen LogP contribution is 2.24. The molecule has 0 saturated carbocycles. The minimum absolute atomic E-state index is 0.123. The van der Waals surface area contributed by atoms with E-state index in [0.29, 0.717) is 18.0 Å². The van der Waals surface area contributed by atoms with Crippen molar-refractivity contribution in [1.82, 2.24) is 15.1 Å². The summed E-state index contributed by atoms with van der Waals surface area (Å²) in [7, 11) is 1.59. The van der Waals surface area contributed by atoms with Crippen molar-refractivity contribution in [3.63, 3.8) is 0 Å². The molecule has 0 fully saturated rings. The van der Waals surface area contributed by atoms with Crippen LogP contribution in [-0.4, -0.2) is 22.8 Å². The SMILES string of the molecule is COc1ccccc1CC(=O)NCc1cn(-c2ccccc2)nc1-c1ccc(F)cc1. The standard InChI is InChI=1S/C25H22FN3O2/c1-31-23-10-6-5-7-19(23)15-24(30)27-16-20-17-29(22-8-3-2-4-9-22)28-25(20)18-11-13-21(26)14-12-18/h2-14,17H,15-16H2,1H3,(H,27,30). The van der Waals surface area contributed by atoms with Gasteiger partial charge < -0.3 is 10.1 Å². The largest absolute Gasteiger partial charge is 0.496 e. The third-order valence-corrected chi connectivity index (χ3v) is 4.95. The second-order valence-electron chi connectivity index (χ2n) is 7.06. The number of rotatable bonds is 7. The van der Waals surface area contributed by atoms with Crippen LogP contribution in [0.3, 0.4) is 0 Å². The lowest BCUT2D eigenvalue weighted by molar-refractivity contribution is -0.120. The van der Waals surface area contributed by atoms with Crippen molar-refractivity contribution >= 4 is 5.91 Å². The van der Waals surface area contributed by atoms with Crippen molar-refractivity contribution in [2.75, 3.05) is 7.11 Å². The molecule has 0 aliphatic carbocycles. The molecule has 1 N–H and O–H groups in total. The lowest BCUT2D eigenvalue weighted by Gasteiger charge is -2.09. The highest BCUT2D eigenvalue weighted by atomic mass is 19.1. The molecule has 0 bridgehead atoms. The predicted molar refractivity (Wildman–Crippen MR) is 118 cm³/mol. The number of nitrogens with zero attached hydrogens (tertiary/aromatic N) is 2. The van der Waals surface area contributed by atoms with Gasteiger partial charge in [-0.2, -0.15) is 5.10 Å². The van der Waals surface area contributed by atoms with E-state index in [1.165, 1.54) is 12.1 Å². The molecular weight excluding hydrogens is 393 g/mol. The minimum Gasteiger partial charge on any atom is -0.496 e. The molecule has 156 valence electrons. The Morgan fingerprint density at radius 3 is 2.42 bits per heavy atom. The smallest absolute Gasteiger partial charge is 0.224 e. The Hall–Kier alpha value is -3.93. The molecular formula is C25H22FN3O2. The molecule has 0 aliphatic rings. The molecule has 0 spiro atoms. The Morgan fingerprint density at radius 2 is 1.68 bits per heavy atom. The van der Waals surface area contributed by atoms with Crippen molar-refractivity contribution < 1.29 is 13.9 Å². The summed E-state index contributed by atoms with van der Waals surface area (Å²) in [4.78, 5) is 12.6. The van der Waals surface area contributed by atoms with Gasteiger partial charge in [0, 0.05) is 29.4 Å². The van der Waals surface area contributed by atoms with Crippen LogP contribution in [0.1, 0.15) is 11.1 Å². The summed E-state index contributed by atoms with van der Waals surface area (Å²) in [6.07, 6.45) is 2.10. The Kier molecular flexibility index (Phi) is 6.08. The van der Waals surface area contributed by atoms with E-state index in [0.717, 1.165) is 22.4 Å². The fourth-order valence-electron chi connectivity index (χ4n) is 3.38. The van der Waals surface area contributed by atoms with E-state index in [2.05, 4.69) is 5.32 Å². The van der Waals surface area contributed by atoms with Gasteiger partial charge in [0.15, 0.2) is 0 Å². The minimum atomic E-state index is -0.307. The van der Waals surface area contributed by atoms with Crippen LogP contribution in [0.25, 0.3) is 16.9 Å². The zero-order chi connectivity index (χ0) is 21.6. The quantitative estimate of drug-likeness (QED) is 0.482. The normalized spacial score (nSPS) is 10.6. The van der Waals surface area contributed by atoms with Crippen LogP contribution >= 0.6 is 0 Å². The average Bonchev–Trinajstić information content (AvgIpc) is 3.23. The van der Waals surface area contributed by atoms with E-state index in [-0.39, 0.29) is 18.1 Å². The first-order valence-electron chi connectivity index (χ1n) is 9.92. The number of hydrogen-bond acceptors (Lipinski definition) is 3. The number of nitrogens with one attached hydrogen (secondary N) is 1. The number of halogens is 1. The van der Waals surface area contributed by atoms with Gasteiger partial charge in [0.25, 0.3) is 0 Å². The zero-order valence-corrected chi connectivity index (χ0v) is 17.1. The molecule has 0 aliphatic heterocycles. The molecule has 4 rings (SSSR count). The number of hydrogen-bond donors (Lipinski definition) is 1. The van der Waals surface area contributed by atoms with Gasteiger partial charge in [-0.05, 0) is 42.5 Å². The number of carbonyl (C=O) groups excluding carboxylic acids is 1. The molecule has 4 aromatic rings. The van der Waals surface area contributed by atoms with Crippen LogP contribution in [0, 0.1) is 5.82 Å². The summed E-state index contributed by atoms with van der Waals surface area (Å²) in [5.74, 6) is 0.251. The van der Waals surface area contributed by atoms with Crippen LogP contribution in [0.5, 0.6) is 5.75 Å². The summed E-state index contributed by atoms with van der Waals surface area (Å²) < 4.78 is 20.5. The average molecular weight is 415 g/mol. The van der Waals surface area contributed by atoms with Crippen LogP contribution in [0.4, 0.5) is 4.39 Å². The third-order valence-electron chi connectivity index (χ3n) is 4.95. The molecule has 1 aromatic heterocycles. The summed E-state index contributed by atoms with van der Waals surface area (Å²) in [6, 6.07) is 23.3. The van der Waals surface area contributed by atoms with Crippen molar-refractivity contribution in [3.05, 3.63) is 102 Å². The number of methoxy groups -OCH3 is 1. The van der Waals surface area contributed by atoms with Gasteiger partial charge >= 0.3 is 0 Å². The Bertz CT molecular complexity index is 1170. The van der Waals surface area contributed by atoms with E-state index in [4.69, 9.17) is 9.84 Å². The van der Waals surface area contributed by atoms with E-state index < -0.39 is 0 Å².